The molecule has 360 valence electrons. The van der Waals surface area contributed by atoms with Crippen molar-refractivity contribution in [2.75, 3.05) is 9.80 Å². The minimum absolute atomic E-state index is 0. The van der Waals surface area contributed by atoms with Crippen molar-refractivity contribution in [3.63, 3.8) is 0 Å². The second-order valence-corrected chi connectivity index (χ2v) is 20.7. The zero-order chi connectivity index (χ0) is 48.9. The summed E-state index contributed by atoms with van der Waals surface area (Å²) in [5, 5.41) is 2.20. The van der Waals surface area contributed by atoms with E-state index in [1.165, 1.54) is 38.9 Å². The summed E-state index contributed by atoms with van der Waals surface area (Å²) in [6, 6.07) is 78.3. The molecule has 10 aromatic rings. The van der Waals surface area contributed by atoms with Crippen LogP contribution in [0.15, 0.2) is 213 Å². The molecular formula is C66H57N4OPt-3. The largest absolute Gasteiger partial charge is 0.509 e. The van der Waals surface area contributed by atoms with Gasteiger partial charge in [0, 0.05) is 66.5 Å². The molecular weight excluding hydrogens is 1060 g/mol. The van der Waals surface area contributed by atoms with Crippen LogP contribution in [0.3, 0.4) is 0 Å². The molecule has 2 aromatic heterocycles. The Labute approximate surface area is 439 Å². The topological polar surface area (TPSA) is 33.5 Å². The van der Waals surface area contributed by atoms with E-state index >= 15 is 0 Å². The maximum Gasteiger partial charge on any atom is 0.135 e. The zero-order valence-corrected chi connectivity index (χ0v) is 44.1. The number of ether oxygens (including phenoxy) is 1. The Hall–Kier alpha value is -7.46. The van der Waals surface area contributed by atoms with Crippen LogP contribution >= 0.6 is 0 Å². The molecule has 0 atom stereocenters. The molecule has 0 spiro atoms. The molecule has 1 aliphatic heterocycles. The van der Waals surface area contributed by atoms with Gasteiger partial charge in [0.15, 0.2) is 0 Å². The Bertz CT molecular complexity index is 3580. The van der Waals surface area contributed by atoms with E-state index in [9.17, 15) is 0 Å². The molecule has 6 heteroatoms. The van der Waals surface area contributed by atoms with Gasteiger partial charge in [0.2, 0.25) is 0 Å². The van der Waals surface area contributed by atoms with Gasteiger partial charge in [-0.3, -0.25) is 0 Å². The summed E-state index contributed by atoms with van der Waals surface area (Å²) < 4.78 is 9.01. The van der Waals surface area contributed by atoms with E-state index in [4.69, 9.17) is 9.72 Å². The van der Waals surface area contributed by atoms with E-state index in [-0.39, 0.29) is 37.3 Å². The summed E-state index contributed by atoms with van der Waals surface area (Å²) in [7, 11) is 0. The number of aromatic nitrogens is 2. The number of pyridine rings is 1. The Kier molecular flexibility index (Phi) is 12.9. The quantitative estimate of drug-likeness (QED) is 0.121. The van der Waals surface area contributed by atoms with Crippen LogP contribution in [0.4, 0.5) is 11.4 Å². The van der Waals surface area contributed by atoms with E-state index in [0.29, 0.717) is 11.5 Å². The van der Waals surface area contributed by atoms with Gasteiger partial charge in [-0.15, -0.1) is 48.1 Å². The van der Waals surface area contributed by atoms with Crippen molar-refractivity contribution < 1.29 is 25.8 Å². The van der Waals surface area contributed by atoms with Crippen molar-refractivity contribution in [1.29, 1.82) is 0 Å². The predicted molar refractivity (Wildman–Crippen MR) is 294 cm³/mol. The van der Waals surface area contributed by atoms with Gasteiger partial charge in [0.05, 0.1) is 0 Å². The smallest absolute Gasteiger partial charge is 0.135 e. The van der Waals surface area contributed by atoms with Crippen molar-refractivity contribution in [2.24, 2.45) is 0 Å². The second kappa shape index (κ2) is 19.3. The molecule has 0 amide bonds. The third kappa shape index (κ3) is 9.19. The first kappa shape index (κ1) is 48.2. The molecule has 0 fully saturated rings. The molecule has 8 aromatic carbocycles. The van der Waals surface area contributed by atoms with Gasteiger partial charge in [-0.25, -0.2) is 4.98 Å². The van der Waals surface area contributed by atoms with Crippen LogP contribution in [-0.2, 0) is 37.3 Å². The van der Waals surface area contributed by atoms with Crippen molar-refractivity contribution in [3.8, 4) is 28.4 Å². The maximum absolute atomic E-state index is 6.77. The first-order valence-electron chi connectivity index (χ1n) is 24.5. The molecule has 0 radical (unpaired) electrons. The Morgan fingerprint density at radius 2 is 1.10 bits per heavy atom. The summed E-state index contributed by atoms with van der Waals surface area (Å²) in [4.78, 5) is 9.47. The van der Waals surface area contributed by atoms with Gasteiger partial charge < -0.3 is 19.1 Å². The van der Waals surface area contributed by atoms with E-state index < -0.39 is 0 Å². The molecule has 0 bridgehead atoms. The van der Waals surface area contributed by atoms with Crippen molar-refractivity contribution >= 4 is 38.9 Å². The van der Waals surface area contributed by atoms with Crippen LogP contribution in [0.25, 0.3) is 44.4 Å². The fourth-order valence-electron chi connectivity index (χ4n) is 9.90. The van der Waals surface area contributed by atoms with E-state index in [2.05, 4.69) is 270 Å². The zero-order valence-electron chi connectivity index (χ0n) is 41.8. The third-order valence-electron chi connectivity index (χ3n) is 14.3. The molecule has 0 saturated carbocycles. The Morgan fingerprint density at radius 1 is 0.486 bits per heavy atom. The van der Waals surface area contributed by atoms with E-state index in [1.54, 1.807) is 0 Å². The summed E-state index contributed by atoms with van der Waals surface area (Å²) in [5.41, 5.74) is 14.0. The molecule has 0 N–H and O–H groups in total. The molecule has 72 heavy (non-hydrogen) atoms. The third-order valence-corrected chi connectivity index (χ3v) is 14.3. The first-order valence-corrected chi connectivity index (χ1v) is 24.5. The van der Waals surface area contributed by atoms with Crippen molar-refractivity contribution in [2.45, 2.75) is 64.7 Å². The fraction of sp³-hybridized carbons (Fsp3) is 0.152. The van der Waals surface area contributed by atoms with E-state index in [0.717, 1.165) is 50.3 Å². The van der Waals surface area contributed by atoms with Gasteiger partial charge in [-0.2, -0.15) is 12.1 Å². The average Bonchev–Trinajstić information content (AvgIpc) is 3.99. The maximum atomic E-state index is 6.77. The Balaban J connectivity index is 0.00000596. The molecule has 0 aliphatic carbocycles. The van der Waals surface area contributed by atoms with Crippen molar-refractivity contribution in [1.82, 2.24) is 9.55 Å². The summed E-state index contributed by atoms with van der Waals surface area (Å²) in [5.74, 6) is 1.99. The van der Waals surface area contributed by atoms with Crippen LogP contribution < -0.4 is 14.5 Å². The van der Waals surface area contributed by atoms with Crippen LogP contribution in [-0.4, -0.2) is 9.55 Å². The number of fused-ring (bicyclic) bond motifs is 3. The van der Waals surface area contributed by atoms with Crippen LogP contribution in [0.5, 0.6) is 11.5 Å². The molecule has 3 heterocycles. The van der Waals surface area contributed by atoms with Gasteiger partial charge in [-0.1, -0.05) is 194 Å². The predicted octanol–water partition coefficient (Wildman–Crippen LogP) is 16.6. The number of anilines is 2. The summed E-state index contributed by atoms with van der Waals surface area (Å²) in [6.45, 7) is 18.1. The Morgan fingerprint density at radius 3 is 1.75 bits per heavy atom. The van der Waals surface area contributed by atoms with E-state index in [1.807, 2.05) is 24.4 Å². The minimum Gasteiger partial charge on any atom is -0.509 e. The van der Waals surface area contributed by atoms with Gasteiger partial charge in [-0.05, 0) is 91.8 Å². The normalized spacial score (nSPS) is 13.1. The average molecular weight is 1120 g/mol. The fourth-order valence-corrected chi connectivity index (χ4v) is 9.90. The molecule has 0 saturated heterocycles. The number of hydrogen-bond donors (Lipinski definition) is 0. The molecule has 0 unspecified atom stereocenters. The van der Waals surface area contributed by atoms with Crippen LogP contribution in [0.2, 0.25) is 0 Å². The summed E-state index contributed by atoms with van der Waals surface area (Å²) >= 11 is 0. The van der Waals surface area contributed by atoms with Crippen LogP contribution in [0.1, 0.15) is 81.8 Å². The molecule has 5 nitrogen and oxygen atoms in total. The number of nitrogens with zero attached hydrogens (tertiary/aromatic N) is 4. The minimum atomic E-state index is -0.258. The monoisotopic (exact) mass is 1120 g/mol. The van der Waals surface area contributed by atoms with Crippen LogP contribution in [0, 0.1) is 18.8 Å². The SMILES string of the molecule is CC(C)(C)c1cc(-c2ccccc2)cc(N2[CH-]N(c3[c-]c(Oc4[c-]c5c(cc4)c4cc(C(C)(C)c6ccccc6)ccc4n5-c4cc(C(C)(C)c5ccccc5)ccn4)ccc3)C=C2c2ccccc2)c1.[Pt]. The molecule has 11 rings (SSSR count). The number of hydrogen-bond acceptors (Lipinski definition) is 4. The first-order chi connectivity index (χ1) is 34.3. The number of rotatable bonds is 11. The van der Waals surface area contributed by atoms with Gasteiger partial charge in [0.1, 0.15) is 5.82 Å². The van der Waals surface area contributed by atoms with Crippen molar-refractivity contribution in [3.05, 3.63) is 265 Å². The van der Waals surface area contributed by atoms with Gasteiger partial charge >= 0.3 is 0 Å². The number of benzene rings is 8. The second-order valence-electron chi connectivity index (χ2n) is 20.7. The summed E-state index contributed by atoms with van der Waals surface area (Å²) in [6.07, 6.45) is 4.11. The standard InChI is InChI=1S/C66H57N4O.Pt/c1-64(2,3)53-37-48(46-21-12-8-13-22-46)38-55(39-53)69-45-68(44-62(69)47-23-14-9-15-24-47)54-29-20-30-56(42-54)71-57-32-33-58-59-40-51(65(4,5)49-25-16-10-17-26-49)31-34-60(59)70(61(58)43-57)63-41-52(35-36-67-63)66(6,7)50-27-18-11-19-28-50;/h8-41,44-45H,1-7H3;/q-3;. The molecule has 1 aliphatic rings. The van der Waals surface area contributed by atoms with Gasteiger partial charge in [0.25, 0.3) is 0 Å².